The summed E-state index contributed by atoms with van der Waals surface area (Å²) in [6.45, 7) is 3.40. The number of anilines is 1. The fraction of sp³-hybridized carbons (Fsp3) is 0.316. The molecule has 6 nitrogen and oxygen atoms in total. The third-order valence-electron chi connectivity index (χ3n) is 4.45. The number of non-ortho nitro benzene ring substituents is 1. The molecular weight excluding hydrogens is 318 g/mol. The van der Waals surface area contributed by atoms with Gasteiger partial charge in [0.15, 0.2) is 0 Å². The van der Waals surface area contributed by atoms with Crippen LogP contribution in [0.1, 0.15) is 36.9 Å². The van der Waals surface area contributed by atoms with E-state index in [2.05, 4.69) is 11.0 Å². The Morgan fingerprint density at radius 3 is 2.72 bits per heavy atom. The Balaban J connectivity index is 1.91. The van der Waals surface area contributed by atoms with Crippen molar-refractivity contribution in [3.8, 4) is 11.8 Å². The van der Waals surface area contributed by atoms with Crippen LogP contribution in [0.3, 0.4) is 0 Å². The van der Waals surface area contributed by atoms with Gasteiger partial charge in [-0.3, -0.25) is 10.1 Å². The summed E-state index contributed by atoms with van der Waals surface area (Å²) >= 11 is 0. The van der Waals surface area contributed by atoms with E-state index in [0.717, 1.165) is 36.4 Å². The third-order valence-corrected chi connectivity index (χ3v) is 4.45. The van der Waals surface area contributed by atoms with Gasteiger partial charge in [-0.1, -0.05) is 12.1 Å². The van der Waals surface area contributed by atoms with E-state index in [0.29, 0.717) is 12.2 Å². The molecular formula is C19H19N3O3. The van der Waals surface area contributed by atoms with Gasteiger partial charge in [0, 0.05) is 18.7 Å². The van der Waals surface area contributed by atoms with Crippen molar-refractivity contribution in [2.24, 2.45) is 0 Å². The second-order valence-electron chi connectivity index (χ2n) is 5.92. The summed E-state index contributed by atoms with van der Waals surface area (Å²) in [4.78, 5) is 12.6. The Morgan fingerprint density at radius 1 is 1.32 bits per heavy atom. The van der Waals surface area contributed by atoms with Gasteiger partial charge in [0.05, 0.1) is 28.8 Å². The van der Waals surface area contributed by atoms with Crippen molar-refractivity contribution >= 4 is 11.4 Å². The number of nitro groups is 1. The van der Waals surface area contributed by atoms with Crippen LogP contribution in [-0.2, 0) is 0 Å². The minimum Gasteiger partial charge on any atom is -0.494 e. The molecule has 0 bridgehead atoms. The Bertz CT molecular complexity index is 812. The fourth-order valence-corrected chi connectivity index (χ4v) is 3.33. The maximum atomic E-state index is 10.9. The number of nitro benzene ring substituents is 1. The van der Waals surface area contributed by atoms with Gasteiger partial charge in [-0.05, 0) is 43.5 Å². The lowest BCUT2D eigenvalue weighted by atomic mass is 10.0. The maximum Gasteiger partial charge on any atom is 0.270 e. The second-order valence-corrected chi connectivity index (χ2v) is 5.92. The monoisotopic (exact) mass is 337 g/mol. The summed E-state index contributed by atoms with van der Waals surface area (Å²) in [6, 6.07) is 14.8. The standard InChI is InChI=1S/C19H19N3O3/c1-2-25-17-8-5-14(6-9-17)18-4-3-11-21(18)19-10-7-16(22(23)24)12-15(19)13-20/h5-10,12,18H,2-4,11H2,1H3/t18-/m0/s1. The van der Waals surface area contributed by atoms with Crippen LogP contribution in [-0.4, -0.2) is 18.1 Å². The fourth-order valence-electron chi connectivity index (χ4n) is 3.33. The molecule has 0 unspecified atom stereocenters. The molecule has 0 aromatic heterocycles. The summed E-state index contributed by atoms with van der Waals surface area (Å²) in [7, 11) is 0. The largest absolute Gasteiger partial charge is 0.494 e. The molecule has 1 aliphatic heterocycles. The van der Waals surface area contributed by atoms with Crippen LogP contribution < -0.4 is 9.64 Å². The second kappa shape index (κ2) is 7.22. The molecule has 0 radical (unpaired) electrons. The Hall–Kier alpha value is -3.07. The number of ether oxygens (including phenoxy) is 1. The van der Waals surface area contributed by atoms with E-state index in [1.165, 1.54) is 12.1 Å². The predicted octanol–water partition coefficient (Wildman–Crippen LogP) is 4.21. The number of nitrogens with zero attached hydrogens (tertiary/aromatic N) is 3. The average molecular weight is 337 g/mol. The highest BCUT2D eigenvalue weighted by Crippen LogP contribution is 2.38. The van der Waals surface area contributed by atoms with Crippen molar-refractivity contribution < 1.29 is 9.66 Å². The van der Waals surface area contributed by atoms with E-state index in [1.54, 1.807) is 6.07 Å². The summed E-state index contributed by atoms with van der Waals surface area (Å²) in [6.07, 6.45) is 2.00. The molecule has 1 aliphatic rings. The predicted molar refractivity (Wildman–Crippen MR) is 94.7 cm³/mol. The van der Waals surface area contributed by atoms with Crippen LogP contribution in [0.15, 0.2) is 42.5 Å². The molecule has 2 aromatic carbocycles. The van der Waals surface area contributed by atoms with E-state index in [9.17, 15) is 15.4 Å². The zero-order valence-electron chi connectivity index (χ0n) is 14.0. The number of nitriles is 1. The van der Waals surface area contributed by atoms with Gasteiger partial charge in [0.25, 0.3) is 5.69 Å². The lowest BCUT2D eigenvalue weighted by Gasteiger charge is -2.28. The highest BCUT2D eigenvalue weighted by Gasteiger charge is 2.28. The first-order chi connectivity index (χ1) is 12.1. The van der Waals surface area contributed by atoms with Crippen molar-refractivity contribution in [3.63, 3.8) is 0 Å². The van der Waals surface area contributed by atoms with E-state index < -0.39 is 4.92 Å². The highest BCUT2D eigenvalue weighted by atomic mass is 16.6. The summed E-state index contributed by atoms with van der Waals surface area (Å²) in [5.74, 6) is 0.837. The highest BCUT2D eigenvalue weighted by molar-refractivity contribution is 5.64. The van der Waals surface area contributed by atoms with Gasteiger partial charge >= 0.3 is 0 Å². The van der Waals surface area contributed by atoms with E-state index in [-0.39, 0.29) is 11.7 Å². The minimum absolute atomic E-state index is 0.0582. The van der Waals surface area contributed by atoms with Crippen LogP contribution >= 0.6 is 0 Å². The van der Waals surface area contributed by atoms with Gasteiger partial charge in [-0.2, -0.15) is 5.26 Å². The molecule has 0 saturated carbocycles. The van der Waals surface area contributed by atoms with Crippen LogP contribution in [0, 0.1) is 21.4 Å². The lowest BCUT2D eigenvalue weighted by molar-refractivity contribution is -0.384. The normalized spacial score (nSPS) is 16.5. The number of rotatable bonds is 5. The molecule has 1 atom stereocenters. The molecule has 1 fully saturated rings. The van der Waals surface area contributed by atoms with Crippen molar-refractivity contribution in [1.82, 2.24) is 0 Å². The third kappa shape index (κ3) is 3.41. The molecule has 25 heavy (non-hydrogen) atoms. The molecule has 6 heteroatoms. The van der Waals surface area contributed by atoms with E-state index in [1.807, 2.05) is 31.2 Å². The van der Waals surface area contributed by atoms with Gasteiger partial charge in [-0.25, -0.2) is 0 Å². The van der Waals surface area contributed by atoms with Crippen LogP contribution in [0.2, 0.25) is 0 Å². The SMILES string of the molecule is CCOc1ccc([C@@H]2CCCN2c2ccc([N+](=O)[O-])cc2C#N)cc1. The minimum atomic E-state index is -0.474. The zero-order chi connectivity index (χ0) is 17.8. The van der Waals surface area contributed by atoms with Gasteiger partial charge in [-0.15, -0.1) is 0 Å². The molecule has 3 rings (SSSR count). The summed E-state index contributed by atoms with van der Waals surface area (Å²) in [5, 5.41) is 20.4. The van der Waals surface area contributed by atoms with Gasteiger partial charge in [0.2, 0.25) is 0 Å². The first-order valence-electron chi connectivity index (χ1n) is 8.32. The maximum absolute atomic E-state index is 10.9. The zero-order valence-corrected chi connectivity index (χ0v) is 14.0. The Labute approximate surface area is 146 Å². The molecule has 0 N–H and O–H groups in total. The molecule has 2 aromatic rings. The molecule has 0 aliphatic carbocycles. The van der Waals surface area contributed by atoms with Crippen molar-refractivity contribution in [2.75, 3.05) is 18.1 Å². The summed E-state index contributed by atoms with van der Waals surface area (Å²) in [5.41, 5.74) is 2.19. The van der Waals surface area contributed by atoms with Crippen molar-refractivity contribution in [3.05, 3.63) is 63.7 Å². The van der Waals surface area contributed by atoms with Crippen LogP contribution in [0.25, 0.3) is 0 Å². The van der Waals surface area contributed by atoms with Gasteiger partial charge < -0.3 is 9.64 Å². The Morgan fingerprint density at radius 2 is 2.08 bits per heavy atom. The average Bonchev–Trinajstić information content (AvgIpc) is 3.11. The van der Waals surface area contributed by atoms with Crippen LogP contribution in [0.4, 0.5) is 11.4 Å². The topological polar surface area (TPSA) is 79.4 Å². The van der Waals surface area contributed by atoms with Crippen molar-refractivity contribution in [1.29, 1.82) is 5.26 Å². The number of hydrogen-bond donors (Lipinski definition) is 0. The first-order valence-corrected chi connectivity index (χ1v) is 8.32. The van der Waals surface area contributed by atoms with Gasteiger partial charge in [0.1, 0.15) is 11.8 Å². The van der Waals surface area contributed by atoms with E-state index >= 15 is 0 Å². The lowest BCUT2D eigenvalue weighted by Crippen LogP contribution is -2.23. The van der Waals surface area contributed by atoms with E-state index in [4.69, 9.17) is 4.74 Å². The molecule has 1 saturated heterocycles. The molecule has 128 valence electrons. The van der Waals surface area contributed by atoms with Crippen LogP contribution in [0.5, 0.6) is 5.75 Å². The quantitative estimate of drug-likeness (QED) is 0.603. The summed E-state index contributed by atoms with van der Waals surface area (Å²) < 4.78 is 5.49. The smallest absolute Gasteiger partial charge is 0.270 e. The number of hydrogen-bond acceptors (Lipinski definition) is 5. The Kier molecular flexibility index (Phi) is 4.85. The molecule has 0 amide bonds. The van der Waals surface area contributed by atoms with Crippen molar-refractivity contribution in [2.45, 2.75) is 25.8 Å². The molecule has 0 spiro atoms. The first kappa shape index (κ1) is 16.8. The molecule has 1 heterocycles. The number of benzene rings is 2.